The van der Waals surface area contributed by atoms with Crippen LogP contribution in [0.25, 0.3) is 0 Å². The van der Waals surface area contributed by atoms with Gasteiger partial charge in [0.2, 0.25) is 0 Å². The molecule has 0 atom stereocenters. The summed E-state index contributed by atoms with van der Waals surface area (Å²) in [5.74, 6) is 0. The fourth-order valence-electron chi connectivity index (χ4n) is 0. The molecule has 0 aromatic heterocycles. The van der Waals surface area contributed by atoms with Crippen LogP contribution in [0.5, 0.6) is 0 Å². The van der Waals surface area contributed by atoms with Gasteiger partial charge in [-0.15, -0.1) is 23.5 Å². The zero-order valence-corrected chi connectivity index (χ0v) is 11.2. The predicted molar refractivity (Wildman–Crippen MR) is 63.6 cm³/mol. The summed E-state index contributed by atoms with van der Waals surface area (Å²) in [6, 6.07) is 0. The maximum atomic E-state index is 4.66. The number of thioether (sulfide) groups is 2. The van der Waals surface area contributed by atoms with Crippen LogP contribution in [0.4, 0.5) is 0 Å². The molecular formula is C6H12NiS4+2. The third-order valence-electron chi connectivity index (χ3n) is 0.575. The van der Waals surface area contributed by atoms with Crippen molar-refractivity contribution in [3.05, 3.63) is 0 Å². The van der Waals surface area contributed by atoms with Crippen molar-refractivity contribution in [3.63, 3.8) is 0 Å². The van der Waals surface area contributed by atoms with Gasteiger partial charge >= 0.3 is 16.5 Å². The summed E-state index contributed by atoms with van der Waals surface area (Å²) in [6.45, 7) is 3.83. The molecule has 68 valence electrons. The molecule has 0 amide bonds. The predicted octanol–water partition coefficient (Wildman–Crippen LogP) is 3.39. The first-order valence-corrected chi connectivity index (χ1v) is 5.90. The first kappa shape index (κ1) is 18.2. The maximum absolute atomic E-state index is 4.66. The van der Waals surface area contributed by atoms with E-state index >= 15 is 0 Å². The van der Waals surface area contributed by atoms with Crippen molar-refractivity contribution < 1.29 is 16.5 Å². The van der Waals surface area contributed by atoms with Crippen molar-refractivity contribution in [1.82, 2.24) is 0 Å². The van der Waals surface area contributed by atoms with Gasteiger partial charge < -0.3 is 0 Å². The molecule has 0 aliphatic heterocycles. The molecule has 0 bridgehead atoms. The van der Waals surface area contributed by atoms with Gasteiger partial charge in [0.05, 0.1) is 0 Å². The average Bonchev–Trinajstić information content (AvgIpc) is 1.89. The van der Waals surface area contributed by atoms with Gasteiger partial charge in [-0.2, -0.15) is 0 Å². The maximum Gasteiger partial charge on any atom is 2.00 e. The van der Waals surface area contributed by atoms with E-state index in [1.807, 2.05) is 26.4 Å². The molecule has 0 unspecified atom stereocenters. The fourth-order valence-corrected chi connectivity index (χ4v) is 0. The Morgan fingerprint density at radius 1 is 0.909 bits per heavy atom. The summed E-state index contributed by atoms with van der Waals surface area (Å²) in [4.78, 5) is 0. The van der Waals surface area contributed by atoms with Crippen LogP contribution < -0.4 is 0 Å². The number of rotatable bonds is 0. The van der Waals surface area contributed by atoms with Crippen LogP contribution in [0, 0.1) is 0 Å². The summed E-state index contributed by atoms with van der Waals surface area (Å²) in [5, 5.41) is 0. The fraction of sp³-hybridized carbons (Fsp3) is 0.667. The van der Waals surface area contributed by atoms with Crippen LogP contribution in [0.15, 0.2) is 0 Å². The normalized spacial score (nSPS) is 6.91. The van der Waals surface area contributed by atoms with Crippen molar-refractivity contribution in [2.45, 2.75) is 13.8 Å². The van der Waals surface area contributed by atoms with Crippen LogP contribution in [-0.4, -0.2) is 20.9 Å². The Bertz CT molecular complexity index is 99.1. The van der Waals surface area contributed by atoms with Gasteiger partial charge in [-0.3, -0.25) is 0 Å². The molecule has 0 fully saturated rings. The van der Waals surface area contributed by atoms with Crippen LogP contribution in [0.2, 0.25) is 0 Å². The van der Waals surface area contributed by atoms with E-state index in [1.165, 1.54) is 0 Å². The van der Waals surface area contributed by atoms with Crippen LogP contribution >= 0.6 is 48.0 Å². The third-order valence-corrected chi connectivity index (χ3v) is 2.72. The van der Waals surface area contributed by atoms with Crippen LogP contribution in [0.1, 0.15) is 13.8 Å². The minimum absolute atomic E-state index is 0. The van der Waals surface area contributed by atoms with Gasteiger partial charge in [0.25, 0.3) is 0 Å². The molecule has 0 rings (SSSR count). The largest absolute Gasteiger partial charge is 2.00 e. The van der Waals surface area contributed by atoms with E-state index < -0.39 is 0 Å². The van der Waals surface area contributed by atoms with E-state index in [-0.39, 0.29) is 16.5 Å². The van der Waals surface area contributed by atoms with Gasteiger partial charge in [0.15, 0.2) is 0 Å². The van der Waals surface area contributed by atoms with E-state index in [0.29, 0.717) is 0 Å². The van der Waals surface area contributed by atoms with Crippen LogP contribution in [0.3, 0.4) is 0 Å². The van der Waals surface area contributed by atoms with Gasteiger partial charge in [-0.1, -0.05) is 24.4 Å². The Kier molecular flexibility index (Phi) is 23.1. The second-order valence-corrected chi connectivity index (χ2v) is 5.17. The number of hydrogen-bond acceptors (Lipinski definition) is 4. The Morgan fingerprint density at radius 3 is 1.00 bits per heavy atom. The molecule has 0 radical (unpaired) electrons. The Balaban J connectivity index is -0.000000107. The molecule has 0 aromatic carbocycles. The Morgan fingerprint density at radius 2 is 1.00 bits per heavy atom. The molecule has 5 heteroatoms. The first-order chi connectivity index (χ1) is 4.54. The Labute approximate surface area is 98.6 Å². The SMILES string of the molecule is CSC(C)=S.CSC(C)=S.[Ni+2]. The zero-order valence-electron chi connectivity index (χ0n) is 6.95. The smallest absolute Gasteiger partial charge is 0.123 e. The molecule has 0 saturated carbocycles. The molecule has 0 spiro atoms. The molecule has 0 aromatic rings. The second-order valence-electron chi connectivity index (χ2n) is 1.39. The topological polar surface area (TPSA) is 0 Å². The monoisotopic (exact) mass is 270 g/mol. The molecule has 0 saturated heterocycles. The van der Waals surface area contributed by atoms with Gasteiger partial charge in [-0.05, 0) is 26.4 Å². The van der Waals surface area contributed by atoms with Crippen molar-refractivity contribution in [1.29, 1.82) is 0 Å². The minimum atomic E-state index is 0. The number of hydrogen-bond donors (Lipinski definition) is 0. The standard InChI is InChI=1S/2C3H6S2.Ni/c2*1-3(4)5-2;/h2*1-2H3;/q;;+2. The summed E-state index contributed by atoms with van der Waals surface area (Å²) in [5.41, 5.74) is 0. The van der Waals surface area contributed by atoms with E-state index in [2.05, 4.69) is 24.4 Å². The summed E-state index contributed by atoms with van der Waals surface area (Å²) >= 11 is 12.5. The van der Waals surface area contributed by atoms with Crippen LogP contribution in [-0.2, 0) is 16.5 Å². The third kappa shape index (κ3) is 34.6. The average molecular weight is 271 g/mol. The second kappa shape index (κ2) is 13.9. The zero-order chi connectivity index (χ0) is 8.57. The van der Waals surface area contributed by atoms with E-state index in [9.17, 15) is 0 Å². The van der Waals surface area contributed by atoms with E-state index in [1.54, 1.807) is 23.5 Å². The molecule has 0 N–H and O–H groups in total. The first-order valence-electron chi connectivity index (χ1n) is 2.63. The molecule has 0 heterocycles. The summed E-state index contributed by atoms with van der Waals surface area (Å²) in [7, 11) is 0. The van der Waals surface area contributed by atoms with E-state index in [0.717, 1.165) is 8.39 Å². The van der Waals surface area contributed by atoms with Gasteiger partial charge in [-0.25, -0.2) is 0 Å². The van der Waals surface area contributed by atoms with Gasteiger partial charge in [0, 0.05) is 8.39 Å². The molecular weight excluding hydrogens is 259 g/mol. The van der Waals surface area contributed by atoms with Gasteiger partial charge in [0.1, 0.15) is 0 Å². The van der Waals surface area contributed by atoms with Crippen molar-refractivity contribution in [2.75, 3.05) is 12.5 Å². The molecule has 0 nitrogen and oxygen atoms in total. The minimum Gasteiger partial charge on any atom is -0.123 e. The van der Waals surface area contributed by atoms with Crippen molar-refractivity contribution >= 4 is 56.4 Å². The number of thiocarbonyl (C=S) groups is 2. The van der Waals surface area contributed by atoms with Crippen molar-refractivity contribution in [2.24, 2.45) is 0 Å². The Hall–Kier alpha value is 1.37. The summed E-state index contributed by atoms with van der Waals surface area (Å²) < 4.78 is 2.01. The quantitative estimate of drug-likeness (QED) is 0.489. The molecule has 11 heavy (non-hydrogen) atoms. The van der Waals surface area contributed by atoms with E-state index in [4.69, 9.17) is 0 Å². The molecule has 0 aliphatic carbocycles. The van der Waals surface area contributed by atoms with Crippen molar-refractivity contribution in [3.8, 4) is 0 Å². The summed E-state index contributed by atoms with van der Waals surface area (Å²) in [6.07, 6.45) is 3.95. The molecule has 0 aliphatic rings.